The smallest absolute Gasteiger partial charge is 0.274 e. The normalized spacial score (nSPS) is 16.8. The number of amides is 1. The van der Waals surface area contributed by atoms with E-state index in [2.05, 4.69) is 10.4 Å². The van der Waals surface area contributed by atoms with Gasteiger partial charge in [-0.25, -0.2) is 9.07 Å². The summed E-state index contributed by atoms with van der Waals surface area (Å²) < 4.78 is 16.2. The van der Waals surface area contributed by atoms with Gasteiger partial charge in [0.05, 0.1) is 0 Å². The molecule has 1 aliphatic heterocycles. The Bertz CT molecular complexity index is 858. The lowest BCUT2D eigenvalue weighted by molar-refractivity contribution is 0.0683. The maximum Gasteiger partial charge on any atom is 0.274 e. The van der Waals surface area contributed by atoms with E-state index < -0.39 is 0 Å². The van der Waals surface area contributed by atoms with Crippen LogP contribution in [0.2, 0.25) is 0 Å². The number of carbonyl (C=O) groups is 1. The first kappa shape index (κ1) is 20.8. The van der Waals surface area contributed by atoms with Crippen LogP contribution in [0.25, 0.3) is 5.69 Å². The highest BCUT2D eigenvalue weighted by atomic mass is 35.5. The molecule has 28 heavy (non-hydrogen) atoms. The number of benzene rings is 1. The molecule has 1 aliphatic carbocycles. The van der Waals surface area contributed by atoms with Crippen LogP contribution in [-0.2, 0) is 12.8 Å². The van der Waals surface area contributed by atoms with Crippen molar-refractivity contribution in [1.29, 1.82) is 0 Å². The summed E-state index contributed by atoms with van der Waals surface area (Å²) in [5.41, 5.74) is 3.84. The molecule has 0 unspecified atom stereocenters. The molecule has 2 heterocycles. The van der Waals surface area contributed by atoms with E-state index >= 15 is 0 Å². The first-order valence-electron chi connectivity index (χ1n) is 9.89. The van der Waals surface area contributed by atoms with Crippen LogP contribution in [0.4, 0.5) is 4.39 Å². The summed E-state index contributed by atoms with van der Waals surface area (Å²) in [7, 11) is 1.97. The van der Waals surface area contributed by atoms with Crippen LogP contribution < -0.4 is 5.32 Å². The molecule has 0 radical (unpaired) electrons. The average molecular weight is 407 g/mol. The molecule has 1 N–H and O–H groups in total. The van der Waals surface area contributed by atoms with Gasteiger partial charge in [-0.1, -0.05) is 6.07 Å². The molecule has 1 amide bonds. The first-order chi connectivity index (χ1) is 13.1. The number of nitrogens with one attached hydrogen (secondary N) is 1. The Morgan fingerprint density at radius 1 is 1.29 bits per heavy atom. The number of fused-ring (bicyclic) bond motifs is 1. The number of hydrogen-bond donors (Lipinski definition) is 1. The lowest BCUT2D eigenvalue weighted by atomic mass is 9.96. The summed E-state index contributed by atoms with van der Waals surface area (Å²) in [5.74, 6) is 0.338. The van der Waals surface area contributed by atoms with Gasteiger partial charge in [0.25, 0.3) is 5.91 Å². The monoisotopic (exact) mass is 406 g/mol. The van der Waals surface area contributed by atoms with Crippen molar-refractivity contribution in [2.45, 2.75) is 39.0 Å². The van der Waals surface area contributed by atoms with Gasteiger partial charge in [-0.15, -0.1) is 12.4 Å². The summed E-state index contributed by atoms with van der Waals surface area (Å²) in [5, 5.41) is 7.82. The zero-order valence-corrected chi connectivity index (χ0v) is 17.3. The maximum absolute atomic E-state index is 14.5. The highest BCUT2D eigenvalue weighted by Gasteiger charge is 2.31. The van der Waals surface area contributed by atoms with Gasteiger partial charge in [0.2, 0.25) is 0 Å². The van der Waals surface area contributed by atoms with E-state index in [1.54, 1.807) is 10.7 Å². The van der Waals surface area contributed by atoms with E-state index in [9.17, 15) is 9.18 Å². The van der Waals surface area contributed by atoms with Gasteiger partial charge in [0.15, 0.2) is 5.69 Å². The van der Waals surface area contributed by atoms with E-state index in [0.29, 0.717) is 17.3 Å². The van der Waals surface area contributed by atoms with Crippen LogP contribution in [0.15, 0.2) is 18.2 Å². The second kappa shape index (κ2) is 8.62. The molecule has 0 atom stereocenters. The minimum absolute atomic E-state index is 0. The summed E-state index contributed by atoms with van der Waals surface area (Å²) >= 11 is 0. The molecule has 0 bridgehead atoms. The Balaban J connectivity index is 0.00000225. The Morgan fingerprint density at radius 3 is 2.71 bits per heavy atom. The number of piperidine rings is 1. The van der Waals surface area contributed by atoms with Crippen molar-refractivity contribution >= 4 is 18.3 Å². The van der Waals surface area contributed by atoms with Crippen LogP contribution >= 0.6 is 12.4 Å². The third-order valence-corrected chi connectivity index (χ3v) is 5.86. The van der Waals surface area contributed by atoms with Crippen molar-refractivity contribution in [1.82, 2.24) is 20.0 Å². The zero-order valence-electron chi connectivity index (χ0n) is 16.5. The molecule has 0 spiro atoms. The number of carbonyl (C=O) groups excluding carboxylic acids is 1. The van der Waals surface area contributed by atoms with E-state index in [-0.39, 0.29) is 24.1 Å². The Hall–Kier alpha value is -1.92. The van der Waals surface area contributed by atoms with Gasteiger partial charge in [0, 0.05) is 24.3 Å². The quantitative estimate of drug-likeness (QED) is 0.847. The fraction of sp³-hybridized carbons (Fsp3) is 0.524. The molecule has 2 aliphatic rings. The van der Waals surface area contributed by atoms with E-state index in [1.165, 1.54) is 6.07 Å². The van der Waals surface area contributed by atoms with Gasteiger partial charge in [-0.3, -0.25) is 4.79 Å². The summed E-state index contributed by atoms with van der Waals surface area (Å²) in [6.45, 7) is 4.41. The highest BCUT2D eigenvalue weighted by Crippen LogP contribution is 2.30. The average Bonchev–Trinajstić information content (AvgIpc) is 3.25. The topological polar surface area (TPSA) is 50.2 Å². The number of nitrogens with zero attached hydrogens (tertiary/aromatic N) is 3. The molecular weight excluding hydrogens is 379 g/mol. The number of aryl methyl sites for hydroxylation is 1. The number of halogens is 2. The first-order valence-corrected chi connectivity index (χ1v) is 9.89. The molecular formula is C21H28ClFN4O. The largest absolute Gasteiger partial charge is 0.337 e. The molecule has 7 heteroatoms. The molecule has 2 aromatic rings. The van der Waals surface area contributed by atoms with Crippen LogP contribution in [0.1, 0.15) is 46.6 Å². The van der Waals surface area contributed by atoms with Gasteiger partial charge in [-0.05, 0) is 76.2 Å². The molecule has 1 fully saturated rings. The lowest BCUT2D eigenvalue weighted by Crippen LogP contribution is -2.40. The number of aromatic nitrogens is 2. The van der Waals surface area contributed by atoms with Crippen molar-refractivity contribution < 1.29 is 9.18 Å². The molecule has 5 nitrogen and oxygen atoms in total. The van der Waals surface area contributed by atoms with E-state index in [1.807, 2.05) is 24.9 Å². The van der Waals surface area contributed by atoms with Crippen LogP contribution in [0.3, 0.4) is 0 Å². The second-order valence-electron chi connectivity index (χ2n) is 7.79. The molecule has 4 rings (SSSR count). The minimum Gasteiger partial charge on any atom is -0.337 e. The summed E-state index contributed by atoms with van der Waals surface area (Å²) in [4.78, 5) is 15.1. The van der Waals surface area contributed by atoms with Crippen molar-refractivity contribution in [3.63, 3.8) is 0 Å². The van der Waals surface area contributed by atoms with Crippen molar-refractivity contribution in [3.8, 4) is 5.69 Å². The second-order valence-corrected chi connectivity index (χ2v) is 7.79. The zero-order chi connectivity index (χ0) is 19.0. The predicted molar refractivity (Wildman–Crippen MR) is 110 cm³/mol. The Labute approximate surface area is 171 Å². The van der Waals surface area contributed by atoms with Crippen molar-refractivity contribution in [2.24, 2.45) is 5.92 Å². The van der Waals surface area contributed by atoms with Gasteiger partial charge in [-0.2, -0.15) is 5.10 Å². The standard InChI is InChI=1S/C21H27FN4O.ClH/c1-14-6-7-19(17(22)12-14)26-18-5-3-4-16(18)20(24-26)21(27)25-10-8-15(9-11-25)13-23-2;/h6-7,12,15,23H,3-5,8-11,13H2,1-2H3;1H. The Kier molecular flexibility index (Phi) is 6.40. The van der Waals surface area contributed by atoms with Crippen LogP contribution in [0, 0.1) is 18.7 Å². The van der Waals surface area contributed by atoms with Crippen molar-refractivity contribution in [3.05, 3.63) is 46.5 Å². The van der Waals surface area contributed by atoms with Crippen molar-refractivity contribution in [2.75, 3.05) is 26.7 Å². The summed E-state index contributed by atoms with van der Waals surface area (Å²) in [6.07, 6.45) is 4.71. The fourth-order valence-electron chi connectivity index (χ4n) is 4.37. The SMILES string of the molecule is CNCC1CCN(C(=O)c2nn(-c3ccc(C)cc3F)c3c2CCC3)CC1.Cl. The molecule has 1 aromatic heterocycles. The number of rotatable bonds is 4. The van der Waals surface area contributed by atoms with Crippen LogP contribution in [0.5, 0.6) is 0 Å². The highest BCUT2D eigenvalue weighted by molar-refractivity contribution is 5.94. The number of hydrogen-bond acceptors (Lipinski definition) is 3. The van der Waals surface area contributed by atoms with Gasteiger partial charge < -0.3 is 10.2 Å². The van der Waals surface area contributed by atoms with E-state index in [0.717, 1.165) is 68.6 Å². The van der Waals surface area contributed by atoms with E-state index in [4.69, 9.17) is 0 Å². The summed E-state index contributed by atoms with van der Waals surface area (Å²) in [6, 6.07) is 5.16. The predicted octanol–water partition coefficient (Wildman–Crippen LogP) is 3.30. The minimum atomic E-state index is -0.293. The molecule has 1 aromatic carbocycles. The Morgan fingerprint density at radius 2 is 2.04 bits per heavy atom. The molecule has 152 valence electrons. The third-order valence-electron chi connectivity index (χ3n) is 5.86. The fourth-order valence-corrected chi connectivity index (χ4v) is 4.37. The maximum atomic E-state index is 14.5. The lowest BCUT2D eigenvalue weighted by Gasteiger charge is -2.31. The molecule has 1 saturated heterocycles. The molecule has 0 saturated carbocycles. The number of likely N-dealkylation sites (tertiary alicyclic amines) is 1. The third kappa shape index (κ3) is 3.80. The van der Waals surface area contributed by atoms with Crippen LogP contribution in [-0.4, -0.2) is 47.3 Å². The van der Waals surface area contributed by atoms with Gasteiger partial charge >= 0.3 is 0 Å². The van der Waals surface area contributed by atoms with Gasteiger partial charge in [0.1, 0.15) is 11.5 Å².